The van der Waals surface area contributed by atoms with E-state index in [-0.39, 0.29) is 11.9 Å². The Balaban J connectivity index is 2.11. The average molecular weight is 286 g/mol. The van der Waals surface area contributed by atoms with Crippen molar-refractivity contribution in [2.75, 3.05) is 7.05 Å². The number of aryl methyl sites for hydroxylation is 1. The minimum Gasteiger partial charge on any atom is -0.408 e. The highest BCUT2D eigenvalue weighted by Gasteiger charge is 2.15. The third-order valence-electron chi connectivity index (χ3n) is 3.62. The molecule has 0 saturated carbocycles. The first kappa shape index (κ1) is 13.6. The van der Waals surface area contributed by atoms with Gasteiger partial charge in [-0.3, -0.25) is 4.57 Å². The van der Waals surface area contributed by atoms with Crippen molar-refractivity contribution in [3.8, 4) is 0 Å². The summed E-state index contributed by atoms with van der Waals surface area (Å²) in [5, 5.41) is 3.15. The van der Waals surface area contributed by atoms with Gasteiger partial charge in [-0.05, 0) is 42.4 Å². The molecule has 0 spiro atoms. The Bertz CT molecular complexity index is 851. The predicted octanol–water partition coefficient (Wildman–Crippen LogP) is 2.58. The first-order valence-corrected chi connectivity index (χ1v) is 6.62. The molecule has 1 heterocycles. The van der Waals surface area contributed by atoms with Gasteiger partial charge in [0.1, 0.15) is 5.82 Å². The minimum absolute atomic E-state index is 0.171. The zero-order chi connectivity index (χ0) is 15.0. The molecule has 4 nitrogen and oxygen atoms in total. The first-order valence-electron chi connectivity index (χ1n) is 6.62. The molecule has 108 valence electrons. The number of aromatic nitrogens is 1. The molecule has 1 unspecified atom stereocenters. The topological polar surface area (TPSA) is 47.2 Å². The van der Waals surface area contributed by atoms with E-state index in [2.05, 4.69) is 5.32 Å². The smallest absolute Gasteiger partial charge is 0.408 e. The summed E-state index contributed by atoms with van der Waals surface area (Å²) < 4.78 is 20.1. The van der Waals surface area contributed by atoms with Crippen molar-refractivity contribution in [2.24, 2.45) is 7.05 Å². The molecule has 21 heavy (non-hydrogen) atoms. The van der Waals surface area contributed by atoms with E-state index >= 15 is 0 Å². The number of nitrogens with zero attached hydrogens (tertiary/aromatic N) is 1. The Hall–Kier alpha value is -2.40. The van der Waals surface area contributed by atoms with Gasteiger partial charge in [0.05, 0.1) is 11.6 Å². The summed E-state index contributed by atoms with van der Waals surface area (Å²) in [7, 11) is 3.47. The van der Waals surface area contributed by atoms with Crippen LogP contribution in [0.15, 0.2) is 51.7 Å². The molecular weight excluding hydrogens is 271 g/mol. The van der Waals surface area contributed by atoms with E-state index in [0.29, 0.717) is 5.58 Å². The lowest BCUT2D eigenvalue weighted by atomic mass is 9.98. The molecule has 0 aliphatic rings. The summed E-state index contributed by atoms with van der Waals surface area (Å²) in [4.78, 5) is 11.5. The highest BCUT2D eigenvalue weighted by atomic mass is 19.1. The molecule has 0 aliphatic carbocycles. The molecule has 0 bridgehead atoms. The lowest BCUT2D eigenvalue weighted by Gasteiger charge is -2.17. The second-order valence-corrected chi connectivity index (χ2v) is 4.93. The van der Waals surface area contributed by atoms with E-state index < -0.39 is 5.76 Å². The number of benzene rings is 2. The van der Waals surface area contributed by atoms with E-state index in [0.717, 1.165) is 16.6 Å². The third kappa shape index (κ3) is 2.36. The van der Waals surface area contributed by atoms with Crippen molar-refractivity contribution in [3.63, 3.8) is 0 Å². The summed E-state index contributed by atoms with van der Waals surface area (Å²) in [6.45, 7) is 0. The second-order valence-electron chi connectivity index (χ2n) is 4.93. The molecule has 0 radical (unpaired) electrons. The highest BCUT2D eigenvalue weighted by Crippen LogP contribution is 2.25. The van der Waals surface area contributed by atoms with E-state index in [1.54, 1.807) is 20.2 Å². The standard InChI is InChI=1S/C16H15FN2O2/c1-18-15(10-4-3-5-12(17)8-10)11-6-7-13-14(9-11)21-16(20)19(13)2/h3-9,15,18H,1-2H3. The number of rotatable bonds is 3. The first-order chi connectivity index (χ1) is 10.1. The lowest BCUT2D eigenvalue weighted by Crippen LogP contribution is -2.17. The summed E-state index contributed by atoms with van der Waals surface area (Å²) in [5.41, 5.74) is 2.98. The van der Waals surface area contributed by atoms with Crippen molar-refractivity contribution >= 4 is 11.1 Å². The molecule has 0 fully saturated rings. The number of fused-ring (bicyclic) bond motifs is 1. The van der Waals surface area contributed by atoms with Crippen LogP contribution in [0, 0.1) is 5.82 Å². The summed E-state index contributed by atoms with van der Waals surface area (Å²) in [6.07, 6.45) is 0. The van der Waals surface area contributed by atoms with Gasteiger partial charge in [0, 0.05) is 7.05 Å². The Morgan fingerprint density at radius 1 is 1.19 bits per heavy atom. The molecule has 1 N–H and O–H groups in total. The zero-order valence-corrected chi connectivity index (χ0v) is 11.8. The Morgan fingerprint density at radius 3 is 2.67 bits per heavy atom. The van der Waals surface area contributed by atoms with Crippen LogP contribution in [0.3, 0.4) is 0 Å². The van der Waals surface area contributed by atoms with E-state index in [1.807, 2.05) is 24.3 Å². The normalized spacial score (nSPS) is 12.7. The maximum absolute atomic E-state index is 13.4. The van der Waals surface area contributed by atoms with Crippen LogP contribution in [-0.4, -0.2) is 11.6 Å². The SMILES string of the molecule is CNC(c1cccc(F)c1)c1ccc2c(c1)oc(=O)n2C. The second kappa shape index (κ2) is 5.18. The molecule has 1 atom stereocenters. The van der Waals surface area contributed by atoms with Crippen molar-refractivity contribution in [3.05, 3.63) is 70.0 Å². The molecule has 3 aromatic rings. The van der Waals surface area contributed by atoms with Gasteiger partial charge < -0.3 is 9.73 Å². The quantitative estimate of drug-likeness (QED) is 0.805. The van der Waals surface area contributed by atoms with E-state index in [9.17, 15) is 9.18 Å². The van der Waals surface area contributed by atoms with Crippen LogP contribution in [0.25, 0.3) is 11.1 Å². The van der Waals surface area contributed by atoms with Gasteiger partial charge in [-0.15, -0.1) is 0 Å². The number of hydrogen-bond acceptors (Lipinski definition) is 3. The van der Waals surface area contributed by atoms with Crippen molar-refractivity contribution in [2.45, 2.75) is 6.04 Å². The molecular formula is C16H15FN2O2. The number of hydrogen-bond donors (Lipinski definition) is 1. The molecule has 0 saturated heterocycles. The molecule has 2 aromatic carbocycles. The summed E-state index contributed by atoms with van der Waals surface area (Å²) in [5.74, 6) is -0.672. The third-order valence-corrected chi connectivity index (χ3v) is 3.62. The van der Waals surface area contributed by atoms with Gasteiger partial charge in [0.15, 0.2) is 5.58 Å². The summed E-state index contributed by atoms with van der Waals surface area (Å²) in [6, 6.07) is 11.8. The maximum Gasteiger partial charge on any atom is 0.419 e. The largest absolute Gasteiger partial charge is 0.419 e. The lowest BCUT2D eigenvalue weighted by molar-refractivity contribution is 0.527. The minimum atomic E-state index is -0.395. The van der Waals surface area contributed by atoms with Gasteiger partial charge >= 0.3 is 5.76 Å². The average Bonchev–Trinajstić information content (AvgIpc) is 2.75. The fourth-order valence-corrected chi connectivity index (χ4v) is 2.54. The Kier molecular flexibility index (Phi) is 3.35. The number of oxazole rings is 1. The highest BCUT2D eigenvalue weighted by molar-refractivity contribution is 5.74. The van der Waals surface area contributed by atoms with Crippen molar-refractivity contribution in [1.82, 2.24) is 9.88 Å². The fraction of sp³-hybridized carbons (Fsp3) is 0.188. The number of nitrogens with one attached hydrogen (secondary N) is 1. The Morgan fingerprint density at radius 2 is 1.95 bits per heavy atom. The van der Waals surface area contributed by atoms with Crippen LogP contribution in [0.2, 0.25) is 0 Å². The van der Waals surface area contributed by atoms with Gasteiger partial charge in [-0.2, -0.15) is 0 Å². The number of halogens is 1. The summed E-state index contributed by atoms with van der Waals surface area (Å²) >= 11 is 0. The van der Waals surface area contributed by atoms with Gasteiger partial charge in [0.2, 0.25) is 0 Å². The van der Waals surface area contributed by atoms with Crippen LogP contribution in [-0.2, 0) is 7.05 Å². The van der Waals surface area contributed by atoms with Crippen LogP contribution in [0.5, 0.6) is 0 Å². The molecule has 3 rings (SSSR count). The van der Waals surface area contributed by atoms with Gasteiger partial charge in [-0.1, -0.05) is 18.2 Å². The van der Waals surface area contributed by atoms with Gasteiger partial charge in [0.25, 0.3) is 0 Å². The van der Waals surface area contributed by atoms with Crippen LogP contribution in [0.1, 0.15) is 17.2 Å². The predicted molar refractivity (Wildman–Crippen MR) is 78.8 cm³/mol. The maximum atomic E-state index is 13.4. The van der Waals surface area contributed by atoms with Crippen molar-refractivity contribution in [1.29, 1.82) is 0 Å². The van der Waals surface area contributed by atoms with Crippen LogP contribution < -0.4 is 11.1 Å². The molecule has 0 amide bonds. The van der Waals surface area contributed by atoms with Crippen LogP contribution in [0.4, 0.5) is 4.39 Å². The van der Waals surface area contributed by atoms with E-state index in [1.165, 1.54) is 16.7 Å². The fourth-order valence-electron chi connectivity index (χ4n) is 2.54. The molecule has 5 heteroatoms. The Labute approximate surface area is 120 Å². The van der Waals surface area contributed by atoms with Crippen LogP contribution >= 0.6 is 0 Å². The zero-order valence-electron chi connectivity index (χ0n) is 11.8. The molecule has 0 aliphatic heterocycles. The van der Waals surface area contributed by atoms with Gasteiger partial charge in [-0.25, -0.2) is 9.18 Å². The van der Waals surface area contributed by atoms with E-state index in [4.69, 9.17) is 4.42 Å². The van der Waals surface area contributed by atoms with Crippen molar-refractivity contribution < 1.29 is 8.81 Å². The molecule has 1 aromatic heterocycles. The monoisotopic (exact) mass is 286 g/mol.